The Morgan fingerprint density at radius 2 is 2.19 bits per heavy atom. The summed E-state index contributed by atoms with van der Waals surface area (Å²) >= 11 is 5.63. The largest absolute Gasteiger partial charge is 0.478 e. The van der Waals surface area contributed by atoms with E-state index in [1.54, 1.807) is 0 Å². The van der Waals surface area contributed by atoms with Crippen molar-refractivity contribution in [2.45, 2.75) is 11.4 Å². The van der Waals surface area contributed by atoms with Crippen LogP contribution in [0.5, 0.6) is 0 Å². The second-order valence-corrected chi connectivity index (χ2v) is 6.10. The maximum Gasteiger partial charge on any atom is 0.338 e. The van der Waals surface area contributed by atoms with Crippen molar-refractivity contribution in [2.24, 2.45) is 0 Å². The van der Waals surface area contributed by atoms with Gasteiger partial charge in [0, 0.05) is 17.4 Å². The summed E-state index contributed by atoms with van der Waals surface area (Å²) in [4.78, 5) is 16.5. The Bertz CT molecular complexity index is 777. The SMILES string of the molecule is O=C(O)c1cc(Cl)cc(S(=O)(=O)NCc2ncc[nH]2)c1F. The van der Waals surface area contributed by atoms with Gasteiger partial charge in [0.1, 0.15) is 10.7 Å². The number of H-pyrrole nitrogens is 1. The van der Waals surface area contributed by atoms with E-state index in [1.807, 2.05) is 0 Å². The molecule has 0 amide bonds. The number of halogens is 2. The van der Waals surface area contributed by atoms with Crippen LogP contribution in [0.15, 0.2) is 29.4 Å². The molecule has 3 N–H and O–H groups in total. The molecule has 112 valence electrons. The van der Waals surface area contributed by atoms with Gasteiger partial charge in [-0.05, 0) is 12.1 Å². The number of nitrogens with one attached hydrogen (secondary N) is 2. The van der Waals surface area contributed by atoms with Gasteiger partial charge in [-0.2, -0.15) is 0 Å². The van der Waals surface area contributed by atoms with E-state index >= 15 is 0 Å². The van der Waals surface area contributed by atoms with Gasteiger partial charge in [-0.15, -0.1) is 0 Å². The average molecular weight is 334 g/mol. The van der Waals surface area contributed by atoms with Crippen molar-refractivity contribution in [2.75, 3.05) is 0 Å². The third-order valence-electron chi connectivity index (χ3n) is 2.51. The first kappa shape index (κ1) is 15.4. The maximum absolute atomic E-state index is 14.0. The molecule has 1 heterocycles. The molecule has 0 atom stereocenters. The van der Waals surface area contributed by atoms with E-state index in [2.05, 4.69) is 14.7 Å². The number of rotatable bonds is 5. The summed E-state index contributed by atoms with van der Waals surface area (Å²) in [7, 11) is -4.28. The molecule has 2 aromatic rings. The molecule has 0 aliphatic rings. The van der Waals surface area contributed by atoms with Gasteiger partial charge in [0.25, 0.3) is 0 Å². The number of carbonyl (C=O) groups is 1. The van der Waals surface area contributed by atoms with Crippen molar-refractivity contribution in [1.29, 1.82) is 0 Å². The summed E-state index contributed by atoms with van der Waals surface area (Å²) in [6, 6.07) is 1.68. The van der Waals surface area contributed by atoms with Crippen LogP contribution in [0.1, 0.15) is 16.2 Å². The van der Waals surface area contributed by atoms with Crippen molar-refractivity contribution in [3.05, 3.63) is 46.8 Å². The highest BCUT2D eigenvalue weighted by molar-refractivity contribution is 7.89. The first-order valence-electron chi connectivity index (χ1n) is 5.51. The van der Waals surface area contributed by atoms with Crippen molar-refractivity contribution < 1.29 is 22.7 Å². The van der Waals surface area contributed by atoms with Gasteiger partial charge in [0.15, 0.2) is 5.82 Å². The third-order valence-corrected chi connectivity index (χ3v) is 4.13. The summed E-state index contributed by atoms with van der Waals surface area (Å²) in [6.07, 6.45) is 2.91. The highest BCUT2D eigenvalue weighted by Gasteiger charge is 2.25. The van der Waals surface area contributed by atoms with E-state index in [0.29, 0.717) is 5.82 Å². The van der Waals surface area contributed by atoms with Crippen LogP contribution in [0.4, 0.5) is 4.39 Å². The Labute approximate surface area is 123 Å². The van der Waals surface area contributed by atoms with Crippen LogP contribution >= 0.6 is 11.6 Å². The minimum absolute atomic E-state index is 0.202. The number of imidazole rings is 1. The normalized spacial score (nSPS) is 11.5. The molecule has 0 aliphatic heterocycles. The molecule has 1 aromatic heterocycles. The smallest absolute Gasteiger partial charge is 0.338 e. The molecule has 1 aromatic carbocycles. The molecule has 7 nitrogen and oxygen atoms in total. The molecule has 2 rings (SSSR count). The molecule has 0 fully saturated rings. The Morgan fingerprint density at radius 1 is 1.48 bits per heavy atom. The van der Waals surface area contributed by atoms with E-state index in [0.717, 1.165) is 12.1 Å². The number of aromatic carboxylic acids is 1. The number of benzene rings is 1. The zero-order valence-corrected chi connectivity index (χ0v) is 11.9. The number of hydrogen-bond acceptors (Lipinski definition) is 4. The number of aromatic nitrogens is 2. The topological polar surface area (TPSA) is 112 Å². The summed E-state index contributed by atoms with van der Waals surface area (Å²) < 4.78 is 40.1. The van der Waals surface area contributed by atoms with E-state index in [9.17, 15) is 17.6 Å². The zero-order valence-electron chi connectivity index (χ0n) is 10.3. The highest BCUT2D eigenvalue weighted by Crippen LogP contribution is 2.23. The van der Waals surface area contributed by atoms with Gasteiger partial charge in [-0.1, -0.05) is 11.6 Å². The van der Waals surface area contributed by atoms with Crippen LogP contribution in [0, 0.1) is 5.82 Å². The van der Waals surface area contributed by atoms with Gasteiger partial charge in [0.2, 0.25) is 10.0 Å². The summed E-state index contributed by atoms with van der Waals surface area (Å²) in [5, 5.41) is 8.63. The highest BCUT2D eigenvalue weighted by atomic mass is 35.5. The van der Waals surface area contributed by atoms with Gasteiger partial charge in [0.05, 0.1) is 12.1 Å². The lowest BCUT2D eigenvalue weighted by molar-refractivity contribution is 0.0691. The molecule has 10 heteroatoms. The lowest BCUT2D eigenvalue weighted by Gasteiger charge is -2.09. The fraction of sp³-hybridized carbons (Fsp3) is 0.0909. The lowest BCUT2D eigenvalue weighted by Crippen LogP contribution is -2.25. The lowest BCUT2D eigenvalue weighted by atomic mass is 10.2. The summed E-state index contributed by atoms with van der Waals surface area (Å²) in [5.74, 6) is -2.67. The molecule has 0 unspecified atom stereocenters. The van der Waals surface area contributed by atoms with Crippen LogP contribution < -0.4 is 4.72 Å². The Hall–Kier alpha value is -1.97. The van der Waals surface area contributed by atoms with Crippen LogP contribution in [0.2, 0.25) is 5.02 Å². The molecule has 0 spiro atoms. The van der Waals surface area contributed by atoms with Crippen molar-refractivity contribution in [3.63, 3.8) is 0 Å². The number of sulfonamides is 1. The predicted octanol–water partition coefficient (Wildman–Crippen LogP) is 1.38. The van der Waals surface area contributed by atoms with Crippen LogP contribution in [0.3, 0.4) is 0 Å². The van der Waals surface area contributed by atoms with E-state index < -0.39 is 32.3 Å². The minimum Gasteiger partial charge on any atom is -0.478 e. The number of carboxylic acids is 1. The van der Waals surface area contributed by atoms with Crippen LogP contribution in [-0.4, -0.2) is 29.5 Å². The van der Waals surface area contributed by atoms with E-state index in [-0.39, 0.29) is 11.6 Å². The third kappa shape index (κ3) is 3.38. The summed E-state index contributed by atoms with van der Waals surface area (Å²) in [5.41, 5.74) is -0.819. The molecule has 0 radical (unpaired) electrons. The number of aromatic amines is 1. The van der Waals surface area contributed by atoms with Crippen molar-refractivity contribution in [1.82, 2.24) is 14.7 Å². The predicted molar refractivity (Wildman–Crippen MR) is 71.0 cm³/mol. The van der Waals surface area contributed by atoms with Crippen LogP contribution in [0.25, 0.3) is 0 Å². The Morgan fingerprint density at radius 3 is 2.76 bits per heavy atom. The standard InChI is InChI=1S/C11H9ClFN3O4S/c12-6-3-7(11(17)18)10(13)8(4-6)21(19,20)16-5-9-14-1-2-15-9/h1-4,16H,5H2,(H,14,15)(H,17,18). The van der Waals surface area contributed by atoms with Gasteiger partial charge >= 0.3 is 5.97 Å². The zero-order chi connectivity index (χ0) is 15.6. The quantitative estimate of drug-likeness (QED) is 0.765. The monoisotopic (exact) mass is 333 g/mol. The number of carboxylic acid groups (broad SMARTS) is 1. The van der Waals surface area contributed by atoms with E-state index in [1.165, 1.54) is 12.4 Å². The van der Waals surface area contributed by atoms with Crippen LogP contribution in [-0.2, 0) is 16.6 Å². The Balaban J connectivity index is 2.37. The second kappa shape index (κ2) is 5.80. The molecular weight excluding hydrogens is 325 g/mol. The Kier molecular flexibility index (Phi) is 4.26. The molecule has 0 bridgehead atoms. The fourth-order valence-corrected chi connectivity index (χ4v) is 2.94. The maximum atomic E-state index is 14.0. The van der Waals surface area contributed by atoms with Gasteiger partial charge in [-0.25, -0.2) is 27.3 Å². The first-order valence-corrected chi connectivity index (χ1v) is 7.37. The second-order valence-electron chi connectivity index (χ2n) is 3.93. The van der Waals surface area contributed by atoms with Gasteiger partial charge < -0.3 is 10.1 Å². The minimum atomic E-state index is -4.28. The number of hydrogen-bond donors (Lipinski definition) is 3. The fourth-order valence-electron chi connectivity index (χ4n) is 1.55. The van der Waals surface area contributed by atoms with E-state index in [4.69, 9.17) is 16.7 Å². The van der Waals surface area contributed by atoms with Crippen molar-refractivity contribution >= 4 is 27.6 Å². The molecule has 0 aliphatic carbocycles. The molecule has 0 saturated heterocycles. The first-order chi connectivity index (χ1) is 9.81. The molecule has 0 saturated carbocycles. The molecule has 21 heavy (non-hydrogen) atoms. The average Bonchev–Trinajstić information content (AvgIpc) is 2.91. The molecular formula is C11H9ClFN3O4S. The summed E-state index contributed by atoms with van der Waals surface area (Å²) in [6.45, 7) is -0.205. The van der Waals surface area contributed by atoms with Gasteiger partial charge in [-0.3, -0.25) is 0 Å². The van der Waals surface area contributed by atoms with Crippen molar-refractivity contribution in [3.8, 4) is 0 Å². The number of nitrogens with zero attached hydrogens (tertiary/aromatic N) is 1.